The van der Waals surface area contributed by atoms with Crippen LogP contribution in [-0.4, -0.2) is 61.2 Å². The van der Waals surface area contributed by atoms with E-state index in [4.69, 9.17) is 0 Å². The maximum atomic E-state index is 3.29. The number of rotatable bonds is 4. The Morgan fingerprint density at radius 3 is 2.59 bits per heavy atom. The molecular weight excluding hydrogens is 210 g/mol. The predicted molar refractivity (Wildman–Crippen MR) is 73.4 cm³/mol. The quantitative estimate of drug-likeness (QED) is 0.803. The molecule has 0 aromatic carbocycles. The van der Waals surface area contributed by atoms with Crippen LogP contribution in [0.4, 0.5) is 0 Å². The molecular formula is C14H29N3. The maximum absolute atomic E-state index is 3.29. The third-order valence-corrected chi connectivity index (χ3v) is 4.60. The van der Waals surface area contributed by atoms with Crippen molar-refractivity contribution in [1.29, 1.82) is 0 Å². The molecule has 1 aliphatic heterocycles. The molecule has 0 aromatic rings. The fourth-order valence-corrected chi connectivity index (χ4v) is 3.04. The van der Waals surface area contributed by atoms with Gasteiger partial charge in [-0.15, -0.1) is 0 Å². The largest absolute Gasteiger partial charge is 0.320 e. The highest BCUT2D eigenvalue weighted by atomic mass is 15.3. The summed E-state index contributed by atoms with van der Waals surface area (Å²) in [5.41, 5.74) is 0.393. The molecule has 1 aliphatic carbocycles. The lowest BCUT2D eigenvalue weighted by Gasteiger charge is -2.38. The van der Waals surface area contributed by atoms with Crippen molar-refractivity contribution in [2.24, 2.45) is 0 Å². The van der Waals surface area contributed by atoms with Crippen LogP contribution >= 0.6 is 0 Å². The van der Waals surface area contributed by atoms with Gasteiger partial charge in [-0.1, -0.05) is 0 Å². The summed E-state index contributed by atoms with van der Waals surface area (Å²) in [6, 6.07) is 1.61. The van der Waals surface area contributed by atoms with Gasteiger partial charge >= 0.3 is 0 Å². The molecule has 0 aromatic heterocycles. The molecule has 100 valence electrons. The third kappa shape index (κ3) is 3.21. The van der Waals surface area contributed by atoms with Gasteiger partial charge in [-0.3, -0.25) is 4.90 Å². The van der Waals surface area contributed by atoms with Crippen LogP contribution in [0.3, 0.4) is 0 Å². The van der Waals surface area contributed by atoms with E-state index in [0.29, 0.717) is 5.54 Å². The van der Waals surface area contributed by atoms with Crippen molar-refractivity contribution < 1.29 is 0 Å². The van der Waals surface area contributed by atoms with Gasteiger partial charge in [-0.2, -0.15) is 0 Å². The summed E-state index contributed by atoms with van der Waals surface area (Å²) >= 11 is 0. The monoisotopic (exact) mass is 239 g/mol. The molecule has 1 N–H and O–H groups in total. The standard InChI is InChI=1S/C14H29N3/c1-14(2)8-10-16(4)13(7-9-15-3)11-17(14)12-5-6-12/h12-13,15H,5-11H2,1-4H3. The Morgan fingerprint density at radius 1 is 1.29 bits per heavy atom. The molecule has 17 heavy (non-hydrogen) atoms. The van der Waals surface area contributed by atoms with Gasteiger partial charge in [0.05, 0.1) is 0 Å². The lowest BCUT2D eigenvalue weighted by Crippen LogP contribution is -2.48. The van der Waals surface area contributed by atoms with Crippen molar-refractivity contribution >= 4 is 0 Å². The highest BCUT2D eigenvalue weighted by Crippen LogP contribution is 2.36. The van der Waals surface area contributed by atoms with Crippen LogP contribution in [0.1, 0.15) is 39.5 Å². The summed E-state index contributed by atoms with van der Waals surface area (Å²) < 4.78 is 0. The number of nitrogens with zero attached hydrogens (tertiary/aromatic N) is 2. The van der Waals surface area contributed by atoms with Gasteiger partial charge in [0, 0.05) is 24.2 Å². The minimum Gasteiger partial charge on any atom is -0.320 e. The molecule has 1 saturated heterocycles. The van der Waals surface area contributed by atoms with Crippen LogP contribution in [0.15, 0.2) is 0 Å². The molecule has 0 amide bonds. The topological polar surface area (TPSA) is 18.5 Å². The van der Waals surface area contributed by atoms with Crippen LogP contribution in [0.2, 0.25) is 0 Å². The first-order valence-electron chi connectivity index (χ1n) is 7.16. The fraction of sp³-hybridized carbons (Fsp3) is 1.00. The Bertz CT molecular complexity index is 248. The van der Waals surface area contributed by atoms with Gasteiger partial charge < -0.3 is 10.2 Å². The maximum Gasteiger partial charge on any atom is 0.0232 e. The molecule has 1 atom stereocenters. The van der Waals surface area contributed by atoms with Gasteiger partial charge in [0.15, 0.2) is 0 Å². The summed E-state index contributed by atoms with van der Waals surface area (Å²) in [6.07, 6.45) is 5.42. The minimum atomic E-state index is 0.393. The number of nitrogens with one attached hydrogen (secondary N) is 1. The Balaban J connectivity index is 2.02. The van der Waals surface area contributed by atoms with E-state index in [9.17, 15) is 0 Å². The first-order valence-corrected chi connectivity index (χ1v) is 7.16. The van der Waals surface area contributed by atoms with Crippen LogP contribution < -0.4 is 5.32 Å². The lowest BCUT2D eigenvalue weighted by molar-refractivity contribution is 0.104. The average molecular weight is 239 g/mol. The van der Waals surface area contributed by atoms with E-state index in [1.807, 2.05) is 0 Å². The second kappa shape index (κ2) is 5.25. The molecule has 2 rings (SSSR count). The SMILES string of the molecule is CNCCC1CN(C2CC2)C(C)(C)CCN1C. The number of likely N-dealkylation sites (N-methyl/N-ethyl adjacent to an activating group) is 1. The molecule has 0 bridgehead atoms. The van der Waals surface area contributed by atoms with E-state index >= 15 is 0 Å². The van der Waals surface area contributed by atoms with E-state index in [2.05, 4.69) is 43.1 Å². The Morgan fingerprint density at radius 2 is 2.00 bits per heavy atom. The van der Waals surface area contributed by atoms with Crippen LogP contribution in [-0.2, 0) is 0 Å². The third-order valence-electron chi connectivity index (χ3n) is 4.60. The molecule has 2 fully saturated rings. The van der Waals surface area contributed by atoms with E-state index < -0.39 is 0 Å². The summed E-state index contributed by atoms with van der Waals surface area (Å²) in [5, 5.41) is 3.29. The van der Waals surface area contributed by atoms with Gasteiger partial charge in [-0.25, -0.2) is 0 Å². The summed E-state index contributed by atoms with van der Waals surface area (Å²) in [7, 11) is 4.35. The normalized spacial score (nSPS) is 31.4. The first-order chi connectivity index (χ1) is 8.04. The fourth-order valence-electron chi connectivity index (χ4n) is 3.04. The Kier molecular flexibility index (Phi) is 4.11. The molecule has 0 spiro atoms. The zero-order valence-electron chi connectivity index (χ0n) is 12.0. The zero-order chi connectivity index (χ0) is 12.5. The van der Waals surface area contributed by atoms with Crippen molar-refractivity contribution in [2.75, 3.05) is 33.7 Å². The van der Waals surface area contributed by atoms with Gasteiger partial charge in [-0.05, 0) is 66.7 Å². The lowest BCUT2D eigenvalue weighted by atomic mass is 9.98. The van der Waals surface area contributed by atoms with Crippen LogP contribution in [0.25, 0.3) is 0 Å². The van der Waals surface area contributed by atoms with Gasteiger partial charge in [0.1, 0.15) is 0 Å². The van der Waals surface area contributed by atoms with Crippen LogP contribution in [0, 0.1) is 0 Å². The van der Waals surface area contributed by atoms with Gasteiger partial charge in [0.2, 0.25) is 0 Å². The molecule has 3 heteroatoms. The second-order valence-corrected chi connectivity index (χ2v) is 6.47. The molecule has 2 aliphatic rings. The summed E-state index contributed by atoms with van der Waals surface area (Å²) in [5.74, 6) is 0. The van der Waals surface area contributed by atoms with Crippen LogP contribution in [0.5, 0.6) is 0 Å². The first kappa shape index (κ1) is 13.3. The van der Waals surface area contributed by atoms with Crippen molar-refractivity contribution in [2.45, 2.75) is 57.2 Å². The summed E-state index contributed by atoms with van der Waals surface area (Å²) in [4.78, 5) is 5.36. The smallest absolute Gasteiger partial charge is 0.0232 e. The molecule has 3 nitrogen and oxygen atoms in total. The van der Waals surface area contributed by atoms with Crippen molar-refractivity contribution in [3.05, 3.63) is 0 Å². The Labute approximate surface area is 107 Å². The molecule has 1 saturated carbocycles. The molecule has 1 heterocycles. The highest BCUT2D eigenvalue weighted by molar-refractivity contribution is 4.98. The number of hydrogen-bond acceptors (Lipinski definition) is 3. The second-order valence-electron chi connectivity index (χ2n) is 6.47. The van der Waals surface area contributed by atoms with E-state index in [1.165, 1.54) is 38.8 Å². The Hall–Kier alpha value is -0.120. The van der Waals surface area contributed by atoms with E-state index in [1.54, 1.807) is 0 Å². The van der Waals surface area contributed by atoms with Gasteiger partial charge in [0.25, 0.3) is 0 Å². The molecule has 0 radical (unpaired) electrons. The van der Waals surface area contributed by atoms with E-state index in [-0.39, 0.29) is 0 Å². The van der Waals surface area contributed by atoms with Crippen molar-refractivity contribution in [3.63, 3.8) is 0 Å². The molecule has 1 unspecified atom stereocenters. The van der Waals surface area contributed by atoms with Crippen molar-refractivity contribution in [3.8, 4) is 0 Å². The summed E-state index contributed by atoms with van der Waals surface area (Å²) in [6.45, 7) is 8.49. The van der Waals surface area contributed by atoms with Crippen molar-refractivity contribution in [1.82, 2.24) is 15.1 Å². The predicted octanol–water partition coefficient (Wildman–Crippen LogP) is 1.54. The minimum absolute atomic E-state index is 0.393. The average Bonchev–Trinajstić information content (AvgIpc) is 3.09. The number of hydrogen-bond donors (Lipinski definition) is 1. The highest BCUT2D eigenvalue weighted by Gasteiger charge is 2.41. The van der Waals surface area contributed by atoms with E-state index in [0.717, 1.165) is 18.6 Å². The zero-order valence-corrected chi connectivity index (χ0v) is 12.0.